The molecule has 1 aromatic carbocycles. The highest BCUT2D eigenvalue weighted by Crippen LogP contribution is 2.40. The lowest BCUT2D eigenvalue weighted by Gasteiger charge is -2.30. The van der Waals surface area contributed by atoms with Gasteiger partial charge in [0.1, 0.15) is 6.61 Å². The first-order chi connectivity index (χ1) is 13.7. The predicted molar refractivity (Wildman–Crippen MR) is 98.3 cm³/mol. The monoisotopic (exact) mass is 405 g/mol. The van der Waals surface area contributed by atoms with Gasteiger partial charge in [-0.05, 0) is 12.5 Å². The van der Waals surface area contributed by atoms with Crippen molar-refractivity contribution in [1.82, 2.24) is 5.32 Å². The Kier molecular flexibility index (Phi) is 6.55. The average Bonchev–Trinajstić information content (AvgIpc) is 2.70. The molecule has 1 heterocycles. The van der Waals surface area contributed by atoms with Gasteiger partial charge in [-0.1, -0.05) is 12.1 Å². The minimum Gasteiger partial charge on any atom is -0.466 e. The standard InChI is InChI=1S/C18H19N3O8/c1-9-13(16(22)27-2)14(10-5-4-6-11(7-10)21(25)26)15(17(23)28-3)12(20-9)8-29-18(19)24/h4-7,14,20H,8H2,1-3H3,(H2,19,24). The molecule has 0 aliphatic carbocycles. The maximum Gasteiger partial charge on any atom is 0.404 e. The number of nitrogens with one attached hydrogen (secondary N) is 1. The van der Waals surface area contributed by atoms with Crippen LogP contribution in [0.15, 0.2) is 46.8 Å². The number of nitro groups is 1. The molecule has 154 valence electrons. The summed E-state index contributed by atoms with van der Waals surface area (Å²) in [6.07, 6.45) is -1.07. The molecule has 29 heavy (non-hydrogen) atoms. The Labute approximate surface area is 165 Å². The normalized spacial score (nSPS) is 16.0. The Morgan fingerprint density at radius 1 is 1.17 bits per heavy atom. The molecule has 1 aliphatic heterocycles. The number of hydrogen-bond donors (Lipinski definition) is 2. The number of rotatable bonds is 6. The van der Waals surface area contributed by atoms with Crippen LogP contribution in [0.5, 0.6) is 0 Å². The summed E-state index contributed by atoms with van der Waals surface area (Å²) in [6.45, 7) is 1.14. The highest BCUT2D eigenvalue weighted by Gasteiger charge is 2.39. The Morgan fingerprint density at radius 2 is 1.79 bits per heavy atom. The van der Waals surface area contributed by atoms with Gasteiger partial charge < -0.3 is 25.3 Å². The molecule has 1 atom stereocenters. The maximum atomic E-state index is 12.6. The number of nitro benzene ring substituents is 1. The zero-order valence-corrected chi connectivity index (χ0v) is 15.9. The Balaban J connectivity index is 2.75. The van der Waals surface area contributed by atoms with Gasteiger partial charge in [-0.3, -0.25) is 10.1 Å². The Hall–Kier alpha value is -3.89. The number of dihydropyridines is 1. The Morgan fingerprint density at radius 3 is 2.34 bits per heavy atom. The van der Waals surface area contributed by atoms with Crippen LogP contribution in [-0.4, -0.2) is 43.8 Å². The van der Waals surface area contributed by atoms with Gasteiger partial charge in [-0.2, -0.15) is 0 Å². The van der Waals surface area contributed by atoms with Crippen LogP contribution in [0.2, 0.25) is 0 Å². The number of allylic oxidation sites excluding steroid dienone is 1. The molecule has 0 saturated carbocycles. The van der Waals surface area contributed by atoms with Crippen LogP contribution >= 0.6 is 0 Å². The van der Waals surface area contributed by atoms with Crippen molar-refractivity contribution in [3.8, 4) is 0 Å². The average molecular weight is 405 g/mol. The molecule has 3 N–H and O–H groups in total. The van der Waals surface area contributed by atoms with Gasteiger partial charge >= 0.3 is 18.0 Å². The van der Waals surface area contributed by atoms with E-state index in [2.05, 4.69) is 5.32 Å². The van der Waals surface area contributed by atoms with Crippen LogP contribution in [0.4, 0.5) is 10.5 Å². The van der Waals surface area contributed by atoms with Crippen LogP contribution < -0.4 is 11.1 Å². The van der Waals surface area contributed by atoms with Crippen molar-refractivity contribution in [2.45, 2.75) is 12.8 Å². The van der Waals surface area contributed by atoms with E-state index >= 15 is 0 Å². The molecule has 1 aliphatic rings. The summed E-state index contributed by atoms with van der Waals surface area (Å²) in [5, 5.41) is 14.0. The second-order valence-corrected chi connectivity index (χ2v) is 5.93. The number of amides is 1. The zero-order valence-electron chi connectivity index (χ0n) is 15.9. The van der Waals surface area contributed by atoms with E-state index < -0.39 is 35.5 Å². The summed E-state index contributed by atoms with van der Waals surface area (Å²) in [4.78, 5) is 46.7. The van der Waals surface area contributed by atoms with Crippen molar-refractivity contribution < 1.29 is 33.5 Å². The number of hydrogen-bond acceptors (Lipinski definition) is 9. The molecular weight excluding hydrogens is 386 g/mol. The number of primary amides is 1. The number of esters is 2. The molecule has 1 amide bonds. The number of methoxy groups -OCH3 is 2. The first kappa shape index (κ1) is 21.4. The fraction of sp³-hybridized carbons (Fsp3) is 0.278. The van der Waals surface area contributed by atoms with Crippen molar-refractivity contribution in [2.75, 3.05) is 20.8 Å². The van der Waals surface area contributed by atoms with Crippen molar-refractivity contribution in [2.24, 2.45) is 5.73 Å². The molecule has 11 nitrogen and oxygen atoms in total. The van der Waals surface area contributed by atoms with E-state index in [9.17, 15) is 24.5 Å². The molecule has 1 aromatic rings. The second kappa shape index (κ2) is 8.87. The van der Waals surface area contributed by atoms with Crippen LogP contribution in [0.25, 0.3) is 0 Å². The lowest BCUT2D eigenvalue weighted by Crippen LogP contribution is -2.35. The summed E-state index contributed by atoms with van der Waals surface area (Å²) in [5.74, 6) is -2.64. The fourth-order valence-corrected chi connectivity index (χ4v) is 3.04. The van der Waals surface area contributed by atoms with E-state index in [1.165, 1.54) is 31.4 Å². The van der Waals surface area contributed by atoms with Gasteiger partial charge in [0.05, 0.1) is 41.9 Å². The first-order valence-corrected chi connectivity index (χ1v) is 8.25. The summed E-state index contributed by atoms with van der Waals surface area (Å²) in [6, 6.07) is 5.46. The number of carbonyl (C=O) groups excluding carboxylic acids is 3. The Bertz CT molecular complexity index is 935. The third-order valence-corrected chi connectivity index (χ3v) is 4.23. The topological polar surface area (TPSA) is 160 Å². The molecular formula is C18H19N3O8. The molecule has 1 unspecified atom stereocenters. The van der Waals surface area contributed by atoms with Gasteiger partial charge in [0.25, 0.3) is 5.69 Å². The molecule has 0 saturated heterocycles. The number of nitrogens with two attached hydrogens (primary N) is 1. The SMILES string of the molecule is COC(=O)C1=C(C)NC(COC(N)=O)=C(C(=O)OC)C1c1cccc([N+](=O)[O-])c1. The smallest absolute Gasteiger partial charge is 0.404 e. The highest BCUT2D eigenvalue weighted by atomic mass is 16.6. The van der Waals surface area contributed by atoms with E-state index in [4.69, 9.17) is 19.9 Å². The minimum absolute atomic E-state index is 0.0521. The van der Waals surface area contributed by atoms with Crippen molar-refractivity contribution in [1.29, 1.82) is 0 Å². The molecule has 0 spiro atoms. The quantitative estimate of drug-likeness (QED) is 0.307. The van der Waals surface area contributed by atoms with Gasteiger partial charge in [-0.25, -0.2) is 14.4 Å². The van der Waals surface area contributed by atoms with Crippen molar-refractivity contribution in [3.63, 3.8) is 0 Å². The van der Waals surface area contributed by atoms with E-state index in [-0.39, 0.29) is 28.1 Å². The summed E-state index contributed by atoms with van der Waals surface area (Å²) in [7, 11) is 2.30. The van der Waals surface area contributed by atoms with Crippen LogP contribution in [0, 0.1) is 10.1 Å². The van der Waals surface area contributed by atoms with Gasteiger partial charge in [0.15, 0.2) is 0 Å². The second-order valence-electron chi connectivity index (χ2n) is 5.93. The number of benzene rings is 1. The molecule has 2 rings (SSSR count). The third kappa shape index (κ3) is 4.51. The molecule has 0 fully saturated rings. The molecule has 0 bridgehead atoms. The first-order valence-electron chi connectivity index (χ1n) is 8.25. The number of ether oxygens (including phenoxy) is 3. The molecule has 0 aromatic heterocycles. The number of non-ortho nitro benzene ring substituents is 1. The van der Waals surface area contributed by atoms with Crippen molar-refractivity contribution in [3.05, 3.63) is 62.5 Å². The fourth-order valence-electron chi connectivity index (χ4n) is 3.04. The van der Waals surface area contributed by atoms with Crippen LogP contribution in [0.3, 0.4) is 0 Å². The number of carbonyl (C=O) groups is 3. The lowest BCUT2D eigenvalue weighted by atomic mass is 9.80. The number of nitrogens with zero attached hydrogens (tertiary/aromatic N) is 1. The minimum atomic E-state index is -1.07. The lowest BCUT2D eigenvalue weighted by molar-refractivity contribution is -0.384. The van der Waals surface area contributed by atoms with Crippen LogP contribution in [-0.2, 0) is 23.8 Å². The van der Waals surface area contributed by atoms with Crippen LogP contribution in [0.1, 0.15) is 18.4 Å². The van der Waals surface area contributed by atoms with E-state index in [0.717, 1.165) is 7.11 Å². The van der Waals surface area contributed by atoms with Gasteiger partial charge in [0, 0.05) is 17.8 Å². The molecule has 11 heteroatoms. The summed E-state index contributed by atoms with van der Waals surface area (Å²) < 4.78 is 14.5. The van der Waals surface area contributed by atoms with E-state index in [1.807, 2.05) is 0 Å². The molecule has 0 radical (unpaired) electrons. The largest absolute Gasteiger partial charge is 0.466 e. The van der Waals surface area contributed by atoms with Gasteiger partial charge in [0.2, 0.25) is 0 Å². The van der Waals surface area contributed by atoms with E-state index in [0.29, 0.717) is 5.70 Å². The third-order valence-electron chi connectivity index (χ3n) is 4.23. The summed E-state index contributed by atoms with van der Waals surface area (Å²) in [5.41, 5.74) is 5.46. The van der Waals surface area contributed by atoms with E-state index in [1.54, 1.807) is 6.92 Å². The zero-order chi connectivity index (χ0) is 21.7. The maximum absolute atomic E-state index is 12.6. The van der Waals surface area contributed by atoms with Crippen molar-refractivity contribution >= 4 is 23.7 Å². The highest BCUT2D eigenvalue weighted by molar-refractivity contribution is 6.00. The summed E-state index contributed by atoms with van der Waals surface area (Å²) >= 11 is 0. The van der Waals surface area contributed by atoms with Gasteiger partial charge in [-0.15, -0.1) is 0 Å². The predicted octanol–water partition coefficient (Wildman–Crippen LogP) is 1.25.